The second-order valence-corrected chi connectivity index (χ2v) is 13.2. The summed E-state index contributed by atoms with van der Waals surface area (Å²) in [6.07, 6.45) is 14.6. The molecule has 0 saturated carbocycles. The largest absolute Gasteiger partial charge is 0.371 e. The van der Waals surface area contributed by atoms with Gasteiger partial charge in [-0.15, -0.1) is 0 Å². The summed E-state index contributed by atoms with van der Waals surface area (Å²) in [5.74, 6) is 0.144. The topological polar surface area (TPSA) is 9.72 Å². The molecule has 0 atom stereocenters. The molecule has 3 aromatic rings. The van der Waals surface area contributed by atoms with Gasteiger partial charge in [-0.1, -0.05) is 135 Å². The first-order valence-corrected chi connectivity index (χ1v) is 19.2. The Morgan fingerprint density at radius 1 is 0.348 bits per heavy atom. The van der Waals surface area contributed by atoms with Crippen molar-refractivity contribution in [2.75, 3.05) is 54.0 Å². The van der Waals surface area contributed by atoms with Gasteiger partial charge in [0.15, 0.2) is 0 Å². The molecule has 0 unspecified atom stereocenters. The maximum atomic E-state index is 2.71. The van der Waals surface area contributed by atoms with Crippen LogP contribution in [-0.4, -0.2) is 39.3 Å². The van der Waals surface area contributed by atoms with Crippen LogP contribution in [0.5, 0.6) is 0 Å². The van der Waals surface area contributed by atoms with Gasteiger partial charge in [0.1, 0.15) is 0 Å². The van der Waals surface area contributed by atoms with Crippen LogP contribution in [0.25, 0.3) is 0 Å². The van der Waals surface area contributed by atoms with Crippen LogP contribution in [0.1, 0.15) is 141 Å². The molecule has 0 N–H and O–H groups in total. The van der Waals surface area contributed by atoms with Crippen molar-refractivity contribution >= 4 is 17.1 Å². The fraction of sp³-hybridized carbons (Fsp3) is 0.581. The predicted octanol–water partition coefficient (Wildman–Crippen LogP) is 12.1. The Bertz CT molecular complexity index is 1040. The summed E-state index contributed by atoms with van der Waals surface area (Å²) < 4.78 is 0. The zero-order chi connectivity index (χ0) is 33.0. The van der Waals surface area contributed by atoms with Crippen molar-refractivity contribution in [3.8, 4) is 0 Å². The van der Waals surface area contributed by atoms with Gasteiger partial charge in [-0.25, -0.2) is 0 Å². The van der Waals surface area contributed by atoms with Gasteiger partial charge in [0.25, 0.3) is 0 Å². The van der Waals surface area contributed by atoms with Crippen molar-refractivity contribution in [1.29, 1.82) is 0 Å². The summed E-state index contributed by atoms with van der Waals surface area (Å²) in [6, 6.07) is 28.2. The number of rotatable bonds is 24. The molecular weight excluding hydrogens is 558 g/mol. The molecule has 0 aliphatic heterocycles. The standard InChI is InChI=1S/C43H67N3/c1-7-13-31-44(32-14-8-2)40-28-22-19-25-37(40)43(38-26-20-23-29-41(38)45(33-15-9-3)34-16-10-4)39-27-21-24-30-42(39)46(35-17-11-5)36-18-12-6/h19-30,43H,7-18,31-36H2,1-6H3. The minimum absolute atomic E-state index is 0.144. The van der Waals surface area contributed by atoms with E-state index in [-0.39, 0.29) is 5.92 Å². The van der Waals surface area contributed by atoms with E-state index in [2.05, 4.69) is 129 Å². The molecule has 0 spiro atoms. The number of benzene rings is 3. The lowest BCUT2D eigenvalue weighted by atomic mass is 9.81. The quantitative estimate of drug-likeness (QED) is 0.0917. The smallest absolute Gasteiger partial charge is 0.0408 e. The lowest BCUT2D eigenvalue weighted by Gasteiger charge is -2.36. The van der Waals surface area contributed by atoms with Crippen LogP contribution in [-0.2, 0) is 0 Å². The summed E-state index contributed by atoms with van der Waals surface area (Å²) in [6.45, 7) is 20.6. The van der Waals surface area contributed by atoms with Crippen LogP contribution in [0.3, 0.4) is 0 Å². The van der Waals surface area contributed by atoms with Crippen molar-refractivity contribution in [1.82, 2.24) is 0 Å². The van der Waals surface area contributed by atoms with Crippen LogP contribution < -0.4 is 14.7 Å². The Morgan fingerprint density at radius 2 is 0.565 bits per heavy atom. The third-order valence-corrected chi connectivity index (χ3v) is 9.45. The normalized spacial score (nSPS) is 11.3. The highest BCUT2D eigenvalue weighted by molar-refractivity contribution is 5.70. The fourth-order valence-electron chi connectivity index (χ4n) is 6.71. The van der Waals surface area contributed by atoms with Gasteiger partial charge >= 0.3 is 0 Å². The monoisotopic (exact) mass is 626 g/mol. The third kappa shape index (κ3) is 10.8. The van der Waals surface area contributed by atoms with Gasteiger partial charge in [0, 0.05) is 62.2 Å². The second-order valence-electron chi connectivity index (χ2n) is 13.2. The molecule has 3 aromatic carbocycles. The first-order chi connectivity index (χ1) is 22.6. The van der Waals surface area contributed by atoms with E-state index < -0.39 is 0 Å². The highest BCUT2D eigenvalue weighted by atomic mass is 15.1. The molecular formula is C43H67N3. The van der Waals surface area contributed by atoms with E-state index >= 15 is 0 Å². The number of para-hydroxylation sites is 3. The van der Waals surface area contributed by atoms with Crippen molar-refractivity contribution in [3.63, 3.8) is 0 Å². The zero-order valence-electron chi connectivity index (χ0n) is 30.6. The lowest BCUT2D eigenvalue weighted by Crippen LogP contribution is -2.30. The van der Waals surface area contributed by atoms with Gasteiger partial charge in [0.2, 0.25) is 0 Å². The average molecular weight is 626 g/mol. The summed E-state index contributed by atoms with van der Waals surface area (Å²) in [7, 11) is 0. The number of hydrogen-bond acceptors (Lipinski definition) is 3. The Balaban J connectivity index is 2.34. The Labute approximate surface area is 284 Å². The van der Waals surface area contributed by atoms with Crippen LogP contribution in [0.2, 0.25) is 0 Å². The molecule has 0 amide bonds. The van der Waals surface area contributed by atoms with Gasteiger partial charge in [-0.3, -0.25) is 0 Å². The predicted molar refractivity (Wildman–Crippen MR) is 206 cm³/mol. The molecule has 254 valence electrons. The number of anilines is 3. The SMILES string of the molecule is CCCCN(CCCC)c1ccccc1C(c1ccccc1N(CCCC)CCCC)c1ccccc1N(CCCC)CCCC. The minimum atomic E-state index is 0.144. The highest BCUT2D eigenvalue weighted by Crippen LogP contribution is 2.45. The van der Waals surface area contributed by atoms with Gasteiger partial charge < -0.3 is 14.7 Å². The molecule has 0 aromatic heterocycles. The Morgan fingerprint density at radius 3 is 0.783 bits per heavy atom. The Kier molecular flexibility index (Phi) is 17.8. The third-order valence-electron chi connectivity index (χ3n) is 9.45. The van der Waals surface area contributed by atoms with Crippen molar-refractivity contribution < 1.29 is 0 Å². The van der Waals surface area contributed by atoms with E-state index in [0.29, 0.717) is 0 Å². The molecule has 0 heterocycles. The fourth-order valence-corrected chi connectivity index (χ4v) is 6.71. The average Bonchev–Trinajstić information content (AvgIpc) is 3.10. The van der Waals surface area contributed by atoms with Gasteiger partial charge in [0.05, 0.1) is 0 Å². The molecule has 0 aliphatic rings. The van der Waals surface area contributed by atoms with Crippen LogP contribution in [0, 0.1) is 0 Å². The summed E-state index contributed by atoms with van der Waals surface area (Å²) in [5.41, 5.74) is 8.61. The minimum Gasteiger partial charge on any atom is -0.371 e. The molecule has 0 bridgehead atoms. The number of unbranched alkanes of at least 4 members (excludes halogenated alkanes) is 6. The van der Waals surface area contributed by atoms with E-state index in [4.69, 9.17) is 0 Å². The molecule has 46 heavy (non-hydrogen) atoms. The first kappa shape index (κ1) is 37.5. The first-order valence-electron chi connectivity index (χ1n) is 19.2. The van der Waals surface area contributed by atoms with Crippen LogP contribution in [0.15, 0.2) is 72.8 Å². The van der Waals surface area contributed by atoms with E-state index in [9.17, 15) is 0 Å². The van der Waals surface area contributed by atoms with Crippen LogP contribution >= 0.6 is 0 Å². The molecule has 3 nitrogen and oxygen atoms in total. The van der Waals surface area contributed by atoms with Crippen molar-refractivity contribution in [2.45, 2.75) is 125 Å². The van der Waals surface area contributed by atoms with E-state index in [0.717, 1.165) is 39.3 Å². The number of nitrogens with zero attached hydrogens (tertiary/aromatic N) is 3. The molecule has 3 heteroatoms. The van der Waals surface area contributed by atoms with E-state index in [1.54, 1.807) is 0 Å². The molecule has 0 aliphatic carbocycles. The van der Waals surface area contributed by atoms with Crippen molar-refractivity contribution in [2.24, 2.45) is 0 Å². The molecule has 3 rings (SSSR count). The maximum absolute atomic E-state index is 2.71. The van der Waals surface area contributed by atoms with E-state index in [1.807, 2.05) is 0 Å². The van der Waals surface area contributed by atoms with Crippen molar-refractivity contribution in [3.05, 3.63) is 89.5 Å². The summed E-state index contributed by atoms with van der Waals surface area (Å²) in [5, 5.41) is 0. The second kappa shape index (κ2) is 21.8. The number of hydrogen-bond donors (Lipinski definition) is 0. The van der Waals surface area contributed by atoms with Gasteiger partial charge in [-0.05, 0) is 73.4 Å². The lowest BCUT2D eigenvalue weighted by molar-refractivity contribution is 0.667. The van der Waals surface area contributed by atoms with Crippen LogP contribution in [0.4, 0.5) is 17.1 Å². The Hall–Kier alpha value is -2.94. The summed E-state index contributed by atoms with van der Waals surface area (Å²) in [4.78, 5) is 8.12. The molecule has 0 fully saturated rings. The summed E-state index contributed by atoms with van der Waals surface area (Å²) >= 11 is 0. The van der Waals surface area contributed by atoms with Gasteiger partial charge in [-0.2, -0.15) is 0 Å². The molecule has 0 radical (unpaired) electrons. The highest BCUT2D eigenvalue weighted by Gasteiger charge is 2.28. The maximum Gasteiger partial charge on any atom is 0.0408 e. The molecule has 0 saturated heterocycles. The van der Waals surface area contributed by atoms with E-state index in [1.165, 1.54) is 111 Å². The zero-order valence-corrected chi connectivity index (χ0v) is 30.6.